The van der Waals surface area contributed by atoms with Crippen LogP contribution in [0.3, 0.4) is 0 Å². The minimum atomic E-state index is -0.452. The monoisotopic (exact) mass is 375 g/mol. The maximum atomic E-state index is 12.5. The van der Waals surface area contributed by atoms with Gasteiger partial charge in [-0.05, 0) is 19.4 Å². The third-order valence-electron chi connectivity index (χ3n) is 5.73. The average Bonchev–Trinajstić information content (AvgIpc) is 2.97. The summed E-state index contributed by atoms with van der Waals surface area (Å²) in [6, 6.07) is 5.16. The second kappa shape index (κ2) is 8.15. The lowest BCUT2D eigenvalue weighted by atomic mass is 9.90. The largest absolute Gasteiger partial charge is 0.441 e. The van der Waals surface area contributed by atoms with Crippen molar-refractivity contribution in [3.05, 3.63) is 34.7 Å². The van der Waals surface area contributed by atoms with E-state index in [-0.39, 0.29) is 23.6 Å². The van der Waals surface area contributed by atoms with E-state index in [1.165, 1.54) is 6.07 Å². The SMILES string of the molecule is CCC[C@H](C)N1CC2(CCN(C(=O)CCn3ccccc3=O)CC2)OC1=O. The van der Waals surface area contributed by atoms with Gasteiger partial charge >= 0.3 is 6.09 Å². The van der Waals surface area contributed by atoms with Crippen LogP contribution in [0.5, 0.6) is 0 Å². The van der Waals surface area contributed by atoms with Crippen molar-refractivity contribution in [1.29, 1.82) is 0 Å². The van der Waals surface area contributed by atoms with Crippen LogP contribution in [-0.4, -0.2) is 57.6 Å². The van der Waals surface area contributed by atoms with Crippen molar-refractivity contribution in [1.82, 2.24) is 14.4 Å². The van der Waals surface area contributed by atoms with Crippen molar-refractivity contribution in [2.45, 2.75) is 64.1 Å². The molecule has 2 amide bonds. The second-order valence-corrected chi connectivity index (χ2v) is 7.68. The fourth-order valence-electron chi connectivity index (χ4n) is 4.00. The maximum absolute atomic E-state index is 12.5. The van der Waals surface area contributed by atoms with Gasteiger partial charge in [0.1, 0.15) is 5.60 Å². The van der Waals surface area contributed by atoms with Crippen molar-refractivity contribution < 1.29 is 14.3 Å². The number of hydrogen-bond donors (Lipinski definition) is 0. The van der Waals surface area contributed by atoms with E-state index in [1.54, 1.807) is 22.9 Å². The van der Waals surface area contributed by atoms with Crippen LogP contribution in [0.25, 0.3) is 0 Å². The number of carbonyl (C=O) groups is 2. The molecule has 27 heavy (non-hydrogen) atoms. The molecule has 1 aromatic heterocycles. The molecule has 0 bridgehead atoms. The highest BCUT2D eigenvalue weighted by Gasteiger charge is 2.48. The number of aromatic nitrogens is 1. The van der Waals surface area contributed by atoms with Gasteiger partial charge in [-0.2, -0.15) is 0 Å². The molecule has 0 N–H and O–H groups in total. The summed E-state index contributed by atoms with van der Waals surface area (Å²) in [7, 11) is 0. The number of carbonyl (C=O) groups excluding carboxylic acids is 2. The molecule has 1 spiro atoms. The van der Waals surface area contributed by atoms with Gasteiger partial charge in [0.05, 0.1) is 6.54 Å². The lowest BCUT2D eigenvalue weighted by Gasteiger charge is -2.37. The topological polar surface area (TPSA) is 71.8 Å². The average molecular weight is 375 g/mol. The van der Waals surface area contributed by atoms with Crippen LogP contribution < -0.4 is 5.56 Å². The van der Waals surface area contributed by atoms with E-state index in [2.05, 4.69) is 13.8 Å². The Balaban J connectivity index is 1.51. The van der Waals surface area contributed by atoms with Gasteiger partial charge in [0.2, 0.25) is 5.91 Å². The fourth-order valence-corrected chi connectivity index (χ4v) is 4.00. The summed E-state index contributed by atoms with van der Waals surface area (Å²) in [5, 5.41) is 0. The third-order valence-corrected chi connectivity index (χ3v) is 5.73. The molecule has 7 heteroatoms. The number of piperidine rings is 1. The lowest BCUT2D eigenvalue weighted by Crippen LogP contribution is -2.49. The second-order valence-electron chi connectivity index (χ2n) is 7.68. The molecule has 3 rings (SSSR count). The summed E-state index contributed by atoms with van der Waals surface area (Å²) in [6.45, 7) is 6.36. The van der Waals surface area contributed by atoms with Gasteiger partial charge in [0.25, 0.3) is 5.56 Å². The quantitative estimate of drug-likeness (QED) is 0.764. The Bertz CT molecular complexity index is 737. The van der Waals surface area contributed by atoms with Gasteiger partial charge < -0.3 is 19.1 Å². The minimum Gasteiger partial charge on any atom is -0.441 e. The van der Waals surface area contributed by atoms with Gasteiger partial charge in [-0.3, -0.25) is 9.59 Å². The molecule has 0 saturated carbocycles. The molecule has 2 aliphatic heterocycles. The molecule has 1 aromatic rings. The molecule has 2 saturated heterocycles. The first-order valence-corrected chi connectivity index (χ1v) is 9.87. The van der Waals surface area contributed by atoms with E-state index < -0.39 is 5.60 Å². The highest BCUT2D eigenvalue weighted by atomic mass is 16.6. The number of aryl methyl sites for hydroxylation is 1. The zero-order chi connectivity index (χ0) is 19.4. The molecule has 7 nitrogen and oxygen atoms in total. The summed E-state index contributed by atoms with van der Waals surface area (Å²) in [6.07, 6.45) is 5.12. The van der Waals surface area contributed by atoms with Gasteiger partial charge in [-0.15, -0.1) is 0 Å². The summed E-state index contributed by atoms with van der Waals surface area (Å²) in [5.41, 5.74) is -0.547. The Morgan fingerprint density at radius 2 is 2.00 bits per heavy atom. The van der Waals surface area contributed by atoms with Crippen LogP contribution in [0, 0.1) is 0 Å². The van der Waals surface area contributed by atoms with Crippen LogP contribution in [0.15, 0.2) is 29.2 Å². The Kier molecular flexibility index (Phi) is 5.87. The molecule has 148 valence electrons. The zero-order valence-electron chi connectivity index (χ0n) is 16.2. The first-order chi connectivity index (χ1) is 12.9. The maximum Gasteiger partial charge on any atom is 0.410 e. The molecule has 2 aliphatic rings. The number of rotatable bonds is 6. The van der Waals surface area contributed by atoms with Gasteiger partial charge in [-0.25, -0.2) is 4.79 Å². The van der Waals surface area contributed by atoms with Gasteiger partial charge in [-0.1, -0.05) is 19.4 Å². The van der Waals surface area contributed by atoms with E-state index in [4.69, 9.17) is 4.74 Å². The van der Waals surface area contributed by atoms with E-state index in [9.17, 15) is 14.4 Å². The molecule has 0 aromatic carbocycles. The van der Waals surface area contributed by atoms with E-state index in [1.807, 2.05) is 9.80 Å². The molecule has 0 aliphatic carbocycles. The highest BCUT2D eigenvalue weighted by molar-refractivity contribution is 5.76. The number of likely N-dealkylation sites (tertiary alicyclic amines) is 1. The summed E-state index contributed by atoms with van der Waals surface area (Å²) >= 11 is 0. The van der Waals surface area contributed by atoms with Crippen LogP contribution >= 0.6 is 0 Å². The zero-order valence-corrected chi connectivity index (χ0v) is 16.2. The van der Waals surface area contributed by atoms with Gasteiger partial charge in [0, 0.05) is 57.2 Å². The Hall–Kier alpha value is -2.31. The van der Waals surface area contributed by atoms with Crippen molar-refractivity contribution >= 4 is 12.0 Å². The predicted octanol–water partition coefficient (Wildman–Crippen LogP) is 2.24. The first-order valence-electron chi connectivity index (χ1n) is 9.87. The molecule has 1 atom stereocenters. The Labute approximate surface area is 159 Å². The number of amides is 2. The summed E-state index contributed by atoms with van der Waals surface area (Å²) in [4.78, 5) is 40.1. The van der Waals surface area contributed by atoms with Crippen molar-refractivity contribution in [3.8, 4) is 0 Å². The number of pyridine rings is 1. The van der Waals surface area contributed by atoms with Crippen molar-refractivity contribution in [3.63, 3.8) is 0 Å². The van der Waals surface area contributed by atoms with Crippen LogP contribution in [0.4, 0.5) is 4.79 Å². The van der Waals surface area contributed by atoms with E-state index >= 15 is 0 Å². The fraction of sp³-hybridized carbons (Fsp3) is 0.650. The molecule has 0 radical (unpaired) electrons. The van der Waals surface area contributed by atoms with E-state index in [0.29, 0.717) is 45.4 Å². The standard InChI is InChI=1S/C20H29N3O4/c1-3-6-16(2)23-15-20(27-19(23)26)9-13-22(14-10-20)18(25)8-12-21-11-5-4-7-17(21)24/h4-5,7,11,16H,3,6,8-10,12-15H2,1-2H3/t16-/m0/s1. The minimum absolute atomic E-state index is 0.0427. The Morgan fingerprint density at radius 3 is 2.67 bits per heavy atom. The molecular weight excluding hydrogens is 346 g/mol. The third kappa shape index (κ3) is 4.34. The first kappa shape index (κ1) is 19.5. The molecule has 3 heterocycles. The van der Waals surface area contributed by atoms with Crippen LogP contribution in [-0.2, 0) is 16.1 Å². The lowest BCUT2D eigenvalue weighted by molar-refractivity contribution is -0.134. The van der Waals surface area contributed by atoms with Crippen LogP contribution in [0.2, 0.25) is 0 Å². The number of hydrogen-bond acceptors (Lipinski definition) is 4. The molecule has 0 unspecified atom stereocenters. The van der Waals surface area contributed by atoms with E-state index in [0.717, 1.165) is 12.8 Å². The smallest absolute Gasteiger partial charge is 0.410 e. The molecular formula is C20H29N3O4. The van der Waals surface area contributed by atoms with Gasteiger partial charge in [0.15, 0.2) is 0 Å². The highest BCUT2D eigenvalue weighted by Crippen LogP contribution is 2.34. The normalized spacial score (nSPS) is 20.0. The summed E-state index contributed by atoms with van der Waals surface area (Å²) < 4.78 is 7.30. The number of nitrogens with zero attached hydrogens (tertiary/aromatic N) is 3. The number of ether oxygens (including phenoxy) is 1. The van der Waals surface area contributed by atoms with Crippen molar-refractivity contribution in [2.75, 3.05) is 19.6 Å². The predicted molar refractivity (Wildman–Crippen MR) is 101 cm³/mol. The van der Waals surface area contributed by atoms with Crippen LogP contribution in [0.1, 0.15) is 46.0 Å². The Morgan fingerprint density at radius 1 is 1.26 bits per heavy atom. The molecule has 2 fully saturated rings. The van der Waals surface area contributed by atoms with Crippen molar-refractivity contribution in [2.24, 2.45) is 0 Å². The summed E-state index contributed by atoms with van der Waals surface area (Å²) in [5.74, 6) is 0.0427.